The molecular formula is C23H29N3O2. The fourth-order valence-electron chi connectivity index (χ4n) is 3.48. The van der Waals surface area contributed by atoms with Gasteiger partial charge in [0.1, 0.15) is 6.04 Å². The number of nitrogens with one attached hydrogen (secondary N) is 3. The van der Waals surface area contributed by atoms with Crippen LogP contribution in [0.1, 0.15) is 37.0 Å². The molecule has 2 amide bonds. The third-order valence-electron chi connectivity index (χ3n) is 5.06. The Labute approximate surface area is 166 Å². The molecule has 1 aliphatic heterocycles. The molecule has 1 heterocycles. The number of hydrogen-bond donors (Lipinski definition) is 3. The van der Waals surface area contributed by atoms with Crippen molar-refractivity contribution in [2.24, 2.45) is 5.92 Å². The van der Waals surface area contributed by atoms with E-state index in [-0.39, 0.29) is 23.8 Å². The maximum absolute atomic E-state index is 12.8. The standard InChI is InChI=1S/C23H29N3O2/c1-15(2)12-21(23(28)25-19-10-8-16(3)9-11-19)26-22(27)20-13-17-6-4-5-7-18(17)14-24-20/h4-11,15,20-21,24H,12-14H2,1-3H3,(H,25,28)(H,26,27)/t20-,21-/m0/s1. The van der Waals surface area contributed by atoms with E-state index in [2.05, 4.69) is 28.1 Å². The molecule has 5 nitrogen and oxygen atoms in total. The van der Waals surface area contributed by atoms with E-state index in [0.717, 1.165) is 11.3 Å². The predicted molar refractivity (Wildman–Crippen MR) is 112 cm³/mol. The van der Waals surface area contributed by atoms with E-state index in [1.807, 2.05) is 57.2 Å². The molecule has 0 aliphatic carbocycles. The van der Waals surface area contributed by atoms with Crippen molar-refractivity contribution in [2.75, 3.05) is 5.32 Å². The molecule has 1 aliphatic rings. The van der Waals surface area contributed by atoms with Crippen molar-refractivity contribution >= 4 is 17.5 Å². The minimum absolute atomic E-state index is 0.126. The fraction of sp³-hybridized carbons (Fsp3) is 0.391. The van der Waals surface area contributed by atoms with E-state index in [1.54, 1.807) is 0 Å². The molecule has 0 saturated carbocycles. The first-order valence-corrected chi connectivity index (χ1v) is 9.90. The highest BCUT2D eigenvalue weighted by atomic mass is 16.2. The van der Waals surface area contributed by atoms with Crippen LogP contribution >= 0.6 is 0 Å². The lowest BCUT2D eigenvalue weighted by Gasteiger charge is -2.28. The van der Waals surface area contributed by atoms with E-state index < -0.39 is 6.04 Å². The number of carbonyl (C=O) groups excluding carboxylic acids is 2. The molecule has 0 bridgehead atoms. The van der Waals surface area contributed by atoms with Crippen molar-refractivity contribution in [1.82, 2.24) is 10.6 Å². The van der Waals surface area contributed by atoms with Gasteiger partial charge in [-0.3, -0.25) is 9.59 Å². The zero-order valence-corrected chi connectivity index (χ0v) is 16.8. The summed E-state index contributed by atoms with van der Waals surface area (Å²) in [6, 6.07) is 14.9. The van der Waals surface area contributed by atoms with E-state index >= 15 is 0 Å². The zero-order valence-electron chi connectivity index (χ0n) is 16.8. The Hall–Kier alpha value is -2.66. The van der Waals surface area contributed by atoms with Crippen LogP contribution in [-0.2, 0) is 22.6 Å². The SMILES string of the molecule is Cc1ccc(NC(=O)[C@H](CC(C)C)NC(=O)[C@@H]2Cc3ccccc3CN2)cc1. The minimum atomic E-state index is -0.562. The maximum Gasteiger partial charge on any atom is 0.246 e. The van der Waals surface area contributed by atoms with Crippen LogP contribution in [0.4, 0.5) is 5.69 Å². The van der Waals surface area contributed by atoms with Crippen LogP contribution in [-0.4, -0.2) is 23.9 Å². The van der Waals surface area contributed by atoms with Crippen LogP contribution in [0.5, 0.6) is 0 Å². The van der Waals surface area contributed by atoms with Crippen LogP contribution in [0.15, 0.2) is 48.5 Å². The van der Waals surface area contributed by atoms with Crippen molar-refractivity contribution in [3.8, 4) is 0 Å². The summed E-state index contributed by atoms with van der Waals surface area (Å²) in [6.07, 6.45) is 1.22. The van der Waals surface area contributed by atoms with Gasteiger partial charge in [-0.15, -0.1) is 0 Å². The second-order valence-corrected chi connectivity index (χ2v) is 7.95. The molecule has 0 radical (unpaired) electrons. The van der Waals surface area contributed by atoms with Crippen molar-refractivity contribution in [3.05, 3.63) is 65.2 Å². The number of rotatable bonds is 6. The normalized spacial score (nSPS) is 16.9. The van der Waals surface area contributed by atoms with Gasteiger partial charge >= 0.3 is 0 Å². The topological polar surface area (TPSA) is 70.2 Å². The van der Waals surface area contributed by atoms with Gasteiger partial charge in [0.2, 0.25) is 11.8 Å². The molecule has 2 atom stereocenters. The Kier molecular flexibility index (Phi) is 6.47. The number of fused-ring (bicyclic) bond motifs is 1. The summed E-state index contributed by atoms with van der Waals surface area (Å²) in [5, 5.41) is 9.18. The number of aryl methyl sites for hydroxylation is 1. The summed E-state index contributed by atoms with van der Waals surface area (Å²) >= 11 is 0. The molecule has 0 spiro atoms. The molecule has 148 valence electrons. The summed E-state index contributed by atoms with van der Waals surface area (Å²) in [4.78, 5) is 25.7. The third-order valence-corrected chi connectivity index (χ3v) is 5.06. The van der Waals surface area contributed by atoms with Crippen LogP contribution in [0.3, 0.4) is 0 Å². The van der Waals surface area contributed by atoms with Gasteiger partial charge in [-0.05, 0) is 48.9 Å². The molecule has 3 N–H and O–H groups in total. The van der Waals surface area contributed by atoms with Crippen molar-refractivity contribution in [3.63, 3.8) is 0 Å². The first-order chi connectivity index (χ1) is 13.4. The lowest BCUT2D eigenvalue weighted by molar-refractivity contribution is -0.128. The first-order valence-electron chi connectivity index (χ1n) is 9.90. The second kappa shape index (κ2) is 9.02. The van der Waals surface area contributed by atoms with Gasteiger partial charge in [0.25, 0.3) is 0 Å². The quantitative estimate of drug-likeness (QED) is 0.722. The van der Waals surface area contributed by atoms with Crippen LogP contribution in [0.2, 0.25) is 0 Å². The Morgan fingerprint density at radius 3 is 2.43 bits per heavy atom. The van der Waals surface area contributed by atoms with Gasteiger partial charge in [0.05, 0.1) is 6.04 Å². The molecule has 3 rings (SSSR count). The van der Waals surface area contributed by atoms with Gasteiger partial charge in [0, 0.05) is 12.2 Å². The Morgan fingerprint density at radius 1 is 1.07 bits per heavy atom. The van der Waals surface area contributed by atoms with E-state index in [9.17, 15) is 9.59 Å². The van der Waals surface area contributed by atoms with Gasteiger partial charge in [-0.1, -0.05) is 55.8 Å². The van der Waals surface area contributed by atoms with E-state index in [1.165, 1.54) is 11.1 Å². The number of hydrogen-bond acceptors (Lipinski definition) is 3. The molecule has 2 aromatic carbocycles. The molecule has 2 aromatic rings. The monoisotopic (exact) mass is 379 g/mol. The maximum atomic E-state index is 12.8. The predicted octanol–water partition coefficient (Wildman–Crippen LogP) is 3.18. The lowest BCUT2D eigenvalue weighted by Crippen LogP contribution is -2.53. The van der Waals surface area contributed by atoms with Gasteiger partial charge in [-0.25, -0.2) is 0 Å². The molecule has 5 heteroatoms. The van der Waals surface area contributed by atoms with Crippen molar-refractivity contribution in [1.29, 1.82) is 0 Å². The summed E-state index contributed by atoms with van der Waals surface area (Å²) < 4.78 is 0. The van der Waals surface area contributed by atoms with Crippen LogP contribution < -0.4 is 16.0 Å². The summed E-state index contributed by atoms with van der Waals surface area (Å²) in [5.41, 5.74) is 4.28. The molecule has 28 heavy (non-hydrogen) atoms. The third kappa shape index (κ3) is 5.20. The highest BCUT2D eigenvalue weighted by molar-refractivity contribution is 5.98. The summed E-state index contributed by atoms with van der Waals surface area (Å²) in [7, 11) is 0. The van der Waals surface area contributed by atoms with Crippen molar-refractivity contribution < 1.29 is 9.59 Å². The van der Waals surface area contributed by atoms with Gasteiger partial charge in [-0.2, -0.15) is 0 Å². The average molecular weight is 380 g/mol. The van der Waals surface area contributed by atoms with Gasteiger partial charge in [0.15, 0.2) is 0 Å². The number of anilines is 1. The first kappa shape index (κ1) is 20.1. The van der Waals surface area contributed by atoms with Gasteiger partial charge < -0.3 is 16.0 Å². The number of carbonyl (C=O) groups is 2. The number of amides is 2. The Morgan fingerprint density at radius 2 is 1.75 bits per heavy atom. The summed E-state index contributed by atoms with van der Waals surface area (Å²) in [5.74, 6) is -0.0181. The van der Waals surface area contributed by atoms with Crippen LogP contribution in [0.25, 0.3) is 0 Å². The molecule has 0 saturated heterocycles. The largest absolute Gasteiger partial charge is 0.343 e. The lowest BCUT2D eigenvalue weighted by atomic mass is 9.95. The molecule has 0 fully saturated rings. The highest BCUT2D eigenvalue weighted by Gasteiger charge is 2.28. The number of benzene rings is 2. The molecule has 0 unspecified atom stereocenters. The van der Waals surface area contributed by atoms with E-state index in [0.29, 0.717) is 19.4 Å². The smallest absolute Gasteiger partial charge is 0.246 e. The Balaban J connectivity index is 1.65. The Bertz CT molecular complexity index is 830. The molecule has 0 aromatic heterocycles. The van der Waals surface area contributed by atoms with E-state index in [4.69, 9.17) is 0 Å². The second-order valence-electron chi connectivity index (χ2n) is 7.95. The van der Waals surface area contributed by atoms with Crippen molar-refractivity contribution in [2.45, 2.75) is 52.2 Å². The minimum Gasteiger partial charge on any atom is -0.343 e. The average Bonchev–Trinajstić information content (AvgIpc) is 2.68. The zero-order chi connectivity index (χ0) is 20.1. The summed E-state index contributed by atoms with van der Waals surface area (Å²) in [6.45, 7) is 6.77. The van der Waals surface area contributed by atoms with Crippen LogP contribution in [0, 0.1) is 12.8 Å². The molecular weight excluding hydrogens is 350 g/mol. The fourth-order valence-corrected chi connectivity index (χ4v) is 3.48. The highest BCUT2D eigenvalue weighted by Crippen LogP contribution is 2.17.